The highest BCUT2D eigenvalue weighted by Crippen LogP contribution is 2.27. The monoisotopic (exact) mass is 295 g/mol. The number of nitrogens with one attached hydrogen (secondary N) is 1. The van der Waals surface area contributed by atoms with Crippen LogP contribution < -0.4 is 10.1 Å². The second-order valence-corrected chi connectivity index (χ2v) is 6.52. The molecular weight excluding hydrogens is 277 g/mol. The molecule has 1 heterocycles. The molecule has 108 valence electrons. The summed E-state index contributed by atoms with van der Waals surface area (Å²) in [6.07, 6.45) is 0. The van der Waals surface area contributed by atoms with Crippen LogP contribution >= 0.6 is 11.3 Å². The maximum Gasteiger partial charge on any atom is 0.165 e. The van der Waals surface area contributed by atoms with Gasteiger partial charge in [-0.15, -0.1) is 10.2 Å². The van der Waals surface area contributed by atoms with E-state index in [1.165, 1.54) is 24.5 Å². The molecule has 1 aromatic carbocycles. The van der Waals surface area contributed by atoms with Crippen molar-refractivity contribution in [2.24, 2.45) is 0 Å². The summed E-state index contributed by atoms with van der Waals surface area (Å²) in [5.41, 5.74) is 0.737. The number of halogens is 1. The van der Waals surface area contributed by atoms with Crippen molar-refractivity contribution in [1.82, 2.24) is 15.5 Å². The lowest BCUT2D eigenvalue weighted by atomic mass is 10.1. The maximum atomic E-state index is 13.7. The standard InChI is InChI=1S/C14H18FN3OS/c1-14(2,3)16-8-12-17-18-13(20-12)9-5-6-11(19-4)10(15)7-9/h5-7,16H,8H2,1-4H3. The van der Waals surface area contributed by atoms with Gasteiger partial charge in [0.05, 0.1) is 13.7 Å². The van der Waals surface area contributed by atoms with E-state index in [-0.39, 0.29) is 11.3 Å². The van der Waals surface area contributed by atoms with Crippen molar-refractivity contribution in [3.05, 3.63) is 29.0 Å². The Bertz CT molecular complexity index is 592. The summed E-state index contributed by atoms with van der Waals surface area (Å²) >= 11 is 1.46. The molecule has 0 saturated heterocycles. The van der Waals surface area contributed by atoms with Crippen LogP contribution in [0.25, 0.3) is 10.6 Å². The van der Waals surface area contributed by atoms with Crippen LogP contribution in [0.15, 0.2) is 18.2 Å². The Morgan fingerprint density at radius 1 is 1.30 bits per heavy atom. The van der Waals surface area contributed by atoms with Crippen molar-refractivity contribution in [3.8, 4) is 16.3 Å². The van der Waals surface area contributed by atoms with Gasteiger partial charge in [0.25, 0.3) is 0 Å². The fourth-order valence-corrected chi connectivity index (χ4v) is 2.36. The quantitative estimate of drug-likeness (QED) is 0.940. The highest BCUT2D eigenvalue weighted by Gasteiger charge is 2.13. The minimum Gasteiger partial charge on any atom is -0.494 e. The maximum absolute atomic E-state index is 13.7. The van der Waals surface area contributed by atoms with E-state index in [4.69, 9.17) is 4.74 Å². The minimum absolute atomic E-state index is 0.0258. The molecule has 0 radical (unpaired) electrons. The van der Waals surface area contributed by atoms with Crippen LogP contribution in [0.1, 0.15) is 25.8 Å². The molecule has 0 bridgehead atoms. The first-order valence-electron chi connectivity index (χ1n) is 6.30. The zero-order valence-electron chi connectivity index (χ0n) is 12.0. The lowest BCUT2D eigenvalue weighted by molar-refractivity contribution is 0.386. The molecule has 0 atom stereocenters. The molecule has 4 nitrogen and oxygen atoms in total. The summed E-state index contributed by atoms with van der Waals surface area (Å²) in [5.74, 6) is -0.164. The van der Waals surface area contributed by atoms with E-state index < -0.39 is 5.82 Å². The molecule has 1 N–H and O–H groups in total. The van der Waals surface area contributed by atoms with Gasteiger partial charge in [0, 0.05) is 11.1 Å². The molecule has 0 aliphatic heterocycles. The molecule has 2 rings (SSSR count). The van der Waals surface area contributed by atoms with Crippen molar-refractivity contribution in [1.29, 1.82) is 0 Å². The Kier molecular flexibility index (Phi) is 4.35. The van der Waals surface area contributed by atoms with Gasteiger partial charge in [-0.25, -0.2) is 4.39 Å². The number of hydrogen-bond acceptors (Lipinski definition) is 5. The second-order valence-electron chi connectivity index (χ2n) is 5.45. The van der Waals surface area contributed by atoms with Crippen LogP contribution in [-0.4, -0.2) is 22.8 Å². The molecule has 0 amide bonds. The molecule has 0 spiro atoms. The Morgan fingerprint density at radius 3 is 2.65 bits per heavy atom. The summed E-state index contributed by atoms with van der Waals surface area (Å²) in [6, 6.07) is 4.79. The topological polar surface area (TPSA) is 47.0 Å². The number of aromatic nitrogens is 2. The zero-order valence-corrected chi connectivity index (χ0v) is 12.8. The molecule has 20 heavy (non-hydrogen) atoms. The van der Waals surface area contributed by atoms with Gasteiger partial charge in [0.2, 0.25) is 0 Å². The molecule has 0 unspecified atom stereocenters. The fraction of sp³-hybridized carbons (Fsp3) is 0.429. The van der Waals surface area contributed by atoms with Gasteiger partial charge in [-0.1, -0.05) is 11.3 Å². The summed E-state index contributed by atoms with van der Waals surface area (Å²) in [5, 5.41) is 13.2. The molecule has 1 aromatic heterocycles. The Balaban J connectivity index is 2.14. The number of rotatable bonds is 4. The van der Waals surface area contributed by atoms with Gasteiger partial charge >= 0.3 is 0 Å². The van der Waals surface area contributed by atoms with Crippen LogP contribution in [0, 0.1) is 5.82 Å². The average Bonchev–Trinajstić information content (AvgIpc) is 2.84. The third-order valence-corrected chi connectivity index (χ3v) is 3.61. The lowest BCUT2D eigenvalue weighted by Gasteiger charge is -2.19. The van der Waals surface area contributed by atoms with Crippen LogP contribution in [-0.2, 0) is 6.54 Å². The average molecular weight is 295 g/mol. The van der Waals surface area contributed by atoms with Crippen molar-refractivity contribution in [2.75, 3.05) is 7.11 Å². The van der Waals surface area contributed by atoms with Crippen LogP contribution in [0.2, 0.25) is 0 Å². The van der Waals surface area contributed by atoms with Gasteiger partial charge in [-0.05, 0) is 39.0 Å². The van der Waals surface area contributed by atoms with E-state index in [0.29, 0.717) is 17.1 Å². The van der Waals surface area contributed by atoms with Crippen molar-refractivity contribution in [3.63, 3.8) is 0 Å². The lowest BCUT2D eigenvalue weighted by Crippen LogP contribution is -2.35. The Hall–Kier alpha value is -1.53. The SMILES string of the molecule is COc1ccc(-c2nnc(CNC(C)(C)C)s2)cc1F. The van der Waals surface area contributed by atoms with Gasteiger partial charge in [-0.3, -0.25) is 0 Å². The number of nitrogens with zero attached hydrogens (tertiary/aromatic N) is 2. The van der Waals surface area contributed by atoms with Crippen molar-refractivity contribution >= 4 is 11.3 Å². The van der Waals surface area contributed by atoms with E-state index in [9.17, 15) is 4.39 Å². The summed E-state index contributed by atoms with van der Waals surface area (Å²) in [7, 11) is 1.44. The molecule has 0 fully saturated rings. The predicted octanol–water partition coefficient (Wildman–Crippen LogP) is 3.24. The van der Waals surface area contributed by atoms with Gasteiger partial charge in [0.15, 0.2) is 11.6 Å². The molecule has 0 saturated carbocycles. The fourth-order valence-electron chi connectivity index (χ4n) is 1.58. The summed E-state index contributed by atoms with van der Waals surface area (Å²) in [6.45, 7) is 6.93. The Morgan fingerprint density at radius 2 is 2.05 bits per heavy atom. The molecule has 0 aliphatic carbocycles. The first-order valence-corrected chi connectivity index (χ1v) is 7.12. The highest BCUT2D eigenvalue weighted by molar-refractivity contribution is 7.14. The van der Waals surface area contributed by atoms with Crippen molar-refractivity contribution in [2.45, 2.75) is 32.9 Å². The normalized spacial score (nSPS) is 11.7. The molecular formula is C14H18FN3OS. The van der Waals surface area contributed by atoms with Crippen molar-refractivity contribution < 1.29 is 9.13 Å². The third kappa shape index (κ3) is 3.74. The smallest absolute Gasteiger partial charge is 0.165 e. The largest absolute Gasteiger partial charge is 0.494 e. The number of hydrogen-bond donors (Lipinski definition) is 1. The summed E-state index contributed by atoms with van der Waals surface area (Å²) < 4.78 is 18.6. The highest BCUT2D eigenvalue weighted by atomic mass is 32.1. The molecule has 2 aromatic rings. The van der Waals surface area contributed by atoms with E-state index in [1.807, 2.05) is 0 Å². The van der Waals surface area contributed by atoms with Crippen LogP contribution in [0.3, 0.4) is 0 Å². The van der Waals surface area contributed by atoms with E-state index in [2.05, 4.69) is 36.3 Å². The molecule has 6 heteroatoms. The van der Waals surface area contributed by atoms with E-state index >= 15 is 0 Å². The predicted molar refractivity (Wildman–Crippen MR) is 78.4 cm³/mol. The first kappa shape index (κ1) is 14.9. The van der Waals surface area contributed by atoms with Crippen LogP contribution in [0.5, 0.6) is 5.75 Å². The number of methoxy groups -OCH3 is 1. The summed E-state index contributed by atoms with van der Waals surface area (Å²) in [4.78, 5) is 0. The Labute approximate surface area is 122 Å². The second kappa shape index (κ2) is 5.85. The number of benzene rings is 1. The first-order chi connectivity index (χ1) is 9.39. The molecule has 0 aliphatic rings. The van der Waals surface area contributed by atoms with E-state index in [1.54, 1.807) is 12.1 Å². The van der Waals surface area contributed by atoms with Gasteiger partial charge in [0.1, 0.15) is 10.0 Å². The van der Waals surface area contributed by atoms with Crippen LogP contribution in [0.4, 0.5) is 4.39 Å². The zero-order chi connectivity index (χ0) is 14.8. The third-order valence-electron chi connectivity index (χ3n) is 2.64. The number of ether oxygens (including phenoxy) is 1. The van der Waals surface area contributed by atoms with Gasteiger partial charge < -0.3 is 10.1 Å². The van der Waals surface area contributed by atoms with Gasteiger partial charge in [-0.2, -0.15) is 0 Å². The van der Waals surface area contributed by atoms with E-state index in [0.717, 1.165) is 5.01 Å². The minimum atomic E-state index is -0.394.